The Kier molecular flexibility index (Phi) is 8.07. The largest absolute Gasteiger partial charge is 0.486 e. The van der Waals surface area contributed by atoms with Gasteiger partial charge in [-0.2, -0.15) is 0 Å². The van der Waals surface area contributed by atoms with Gasteiger partial charge in [-0.15, -0.1) is 28.1 Å². The van der Waals surface area contributed by atoms with Crippen molar-refractivity contribution in [2.75, 3.05) is 18.2 Å². The number of nitrogens with one attached hydrogen (secondary N) is 1. The van der Waals surface area contributed by atoms with Gasteiger partial charge in [-0.1, -0.05) is 23.9 Å². The number of carbonyl (C=O) groups is 2. The standard InChI is InChI=1S/C22H24N4O4S2/c1-5-9-26-18(12-30-16-7-6-14(2)15(3)11-16)24-25-22(26)32-13-19(27)23-20-17(8-10-31-20)21(28)29-4/h5-8,10-11H,1,9,12-13H2,2-4H3,(H,23,27). The summed E-state index contributed by atoms with van der Waals surface area (Å²) in [6.45, 7) is 8.60. The minimum atomic E-state index is -0.492. The number of nitrogens with zero attached hydrogens (tertiary/aromatic N) is 3. The van der Waals surface area contributed by atoms with Gasteiger partial charge in [-0.05, 0) is 48.6 Å². The molecule has 0 aliphatic carbocycles. The van der Waals surface area contributed by atoms with Crippen molar-refractivity contribution in [3.63, 3.8) is 0 Å². The molecule has 0 aliphatic rings. The summed E-state index contributed by atoms with van der Waals surface area (Å²) >= 11 is 2.51. The zero-order chi connectivity index (χ0) is 23.1. The number of esters is 1. The number of anilines is 1. The van der Waals surface area contributed by atoms with Gasteiger partial charge in [0.15, 0.2) is 11.0 Å². The molecule has 3 aromatic rings. The molecule has 2 heterocycles. The van der Waals surface area contributed by atoms with Crippen LogP contribution in [0.1, 0.15) is 27.3 Å². The molecule has 0 bridgehead atoms. The Labute approximate surface area is 194 Å². The number of allylic oxidation sites excluding steroid dienone is 1. The molecule has 0 unspecified atom stereocenters. The number of amides is 1. The first kappa shape index (κ1) is 23.6. The summed E-state index contributed by atoms with van der Waals surface area (Å²) in [5.41, 5.74) is 2.68. The molecule has 2 aromatic heterocycles. The second-order valence-corrected chi connectivity index (χ2v) is 8.68. The van der Waals surface area contributed by atoms with Crippen molar-refractivity contribution in [2.24, 2.45) is 0 Å². The Morgan fingerprint density at radius 2 is 2.06 bits per heavy atom. The molecule has 168 valence electrons. The number of benzene rings is 1. The second kappa shape index (κ2) is 11.0. The minimum Gasteiger partial charge on any atom is -0.486 e. The van der Waals surface area contributed by atoms with Gasteiger partial charge >= 0.3 is 5.97 Å². The highest BCUT2D eigenvalue weighted by Crippen LogP contribution is 2.25. The molecule has 8 nitrogen and oxygen atoms in total. The SMILES string of the molecule is C=CCn1c(COc2ccc(C)c(C)c2)nnc1SCC(=O)Nc1sccc1C(=O)OC. The number of carbonyl (C=O) groups excluding carboxylic acids is 2. The van der Waals surface area contributed by atoms with Gasteiger partial charge in [-0.3, -0.25) is 9.36 Å². The molecule has 10 heteroatoms. The molecule has 32 heavy (non-hydrogen) atoms. The lowest BCUT2D eigenvalue weighted by Gasteiger charge is -2.10. The van der Waals surface area contributed by atoms with E-state index < -0.39 is 5.97 Å². The van der Waals surface area contributed by atoms with Crippen LogP contribution in [0, 0.1) is 13.8 Å². The first-order valence-electron chi connectivity index (χ1n) is 9.74. The average molecular weight is 473 g/mol. The van der Waals surface area contributed by atoms with E-state index in [0.29, 0.717) is 28.1 Å². The predicted molar refractivity (Wildman–Crippen MR) is 125 cm³/mol. The number of methoxy groups -OCH3 is 1. The topological polar surface area (TPSA) is 95.3 Å². The third kappa shape index (κ3) is 5.77. The van der Waals surface area contributed by atoms with E-state index >= 15 is 0 Å². The molecular formula is C22H24N4O4S2. The Morgan fingerprint density at radius 3 is 2.78 bits per heavy atom. The van der Waals surface area contributed by atoms with Gasteiger partial charge in [-0.25, -0.2) is 4.79 Å². The third-order valence-electron chi connectivity index (χ3n) is 4.61. The maximum atomic E-state index is 12.4. The summed E-state index contributed by atoms with van der Waals surface area (Å²) in [6, 6.07) is 7.53. The lowest BCUT2D eigenvalue weighted by atomic mass is 10.1. The van der Waals surface area contributed by atoms with Gasteiger partial charge in [0, 0.05) is 6.54 Å². The van der Waals surface area contributed by atoms with Crippen molar-refractivity contribution >= 4 is 40.0 Å². The highest BCUT2D eigenvalue weighted by Gasteiger charge is 2.17. The fourth-order valence-corrected chi connectivity index (χ4v) is 4.32. The molecule has 0 saturated carbocycles. The highest BCUT2D eigenvalue weighted by molar-refractivity contribution is 7.99. The van der Waals surface area contributed by atoms with E-state index in [1.807, 2.05) is 36.6 Å². The second-order valence-electron chi connectivity index (χ2n) is 6.82. The molecule has 0 radical (unpaired) electrons. The van der Waals surface area contributed by atoms with E-state index in [9.17, 15) is 9.59 Å². The summed E-state index contributed by atoms with van der Waals surface area (Å²) in [7, 11) is 1.30. The molecule has 0 spiro atoms. The van der Waals surface area contributed by atoms with Crippen LogP contribution >= 0.6 is 23.1 Å². The number of aryl methyl sites for hydroxylation is 2. The number of thioether (sulfide) groups is 1. The number of hydrogen-bond donors (Lipinski definition) is 1. The van der Waals surface area contributed by atoms with E-state index in [1.54, 1.807) is 17.5 Å². The Hall–Kier alpha value is -3.11. The van der Waals surface area contributed by atoms with E-state index in [0.717, 1.165) is 11.3 Å². The normalized spacial score (nSPS) is 10.6. The van der Waals surface area contributed by atoms with Gasteiger partial charge in [0.25, 0.3) is 0 Å². The Morgan fingerprint density at radius 1 is 1.25 bits per heavy atom. The zero-order valence-electron chi connectivity index (χ0n) is 18.1. The maximum Gasteiger partial charge on any atom is 0.340 e. The molecule has 1 aromatic carbocycles. The highest BCUT2D eigenvalue weighted by atomic mass is 32.2. The molecule has 1 N–H and O–H groups in total. The summed E-state index contributed by atoms with van der Waals surface area (Å²) in [5, 5.41) is 13.9. The minimum absolute atomic E-state index is 0.103. The summed E-state index contributed by atoms with van der Waals surface area (Å²) in [5.74, 6) is 0.743. The van der Waals surface area contributed by atoms with Crippen molar-refractivity contribution in [2.45, 2.75) is 32.2 Å². The quantitative estimate of drug-likeness (QED) is 0.268. The van der Waals surface area contributed by atoms with Crippen molar-refractivity contribution in [3.05, 3.63) is 64.8 Å². The fourth-order valence-electron chi connectivity index (χ4n) is 2.77. The van der Waals surface area contributed by atoms with Crippen molar-refractivity contribution < 1.29 is 19.1 Å². The van der Waals surface area contributed by atoms with Gasteiger partial charge < -0.3 is 14.8 Å². The molecule has 0 aliphatic heterocycles. The lowest BCUT2D eigenvalue weighted by Crippen LogP contribution is -2.16. The fraction of sp³-hybridized carbons (Fsp3) is 0.273. The number of aromatic nitrogens is 3. The zero-order valence-corrected chi connectivity index (χ0v) is 19.7. The van der Waals surface area contributed by atoms with Crippen LogP contribution in [0.3, 0.4) is 0 Å². The van der Waals surface area contributed by atoms with Crippen LogP contribution in [0.4, 0.5) is 5.00 Å². The van der Waals surface area contributed by atoms with Crippen LogP contribution in [-0.2, 0) is 22.7 Å². The van der Waals surface area contributed by atoms with Gasteiger partial charge in [0.2, 0.25) is 5.91 Å². The smallest absolute Gasteiger partial charge is 0.340 e. The van der Waals surface area contributed by atoms with Gasteiger partial charge in [0.1, 0.15) is 17.4 Å². The molecule has 0 saturated heterocycles. The molecule has 3 rings (SSSR count). The number of thiophene rings is 1. The molecule has 0 fully saturated rings. The van der Waals surface area contributed by atoms with Crippen LogP contribution in [0.15, 0.2) is 47.5 Å². The molecular weight excluding hydrogens is 448 g/mol. The summed E-state index contributed by atoms with van der Waals surface area (Å²) < 4.78 is 12.5. The van der Waals surface area contributed by atoms with E-state index in [4.69, 9.17) is 9.47 Å². The number of ether oxygens (including phenoxy) is 2. The summed E-state index contributed by atoms with van der Waals surface area (Å²) in [6.07, 6.45) is 1.74. The maximum absolute atomic E-state index is 12.4. The number of hydrogen-bond acceptors (Lipinski definition) is 8. The average Bonchev–Trinajstić information content (AvgIpc) is 3.40. The van der Waals surface area contributed by atoms with E-state index in [-0.39, 0.29) is 18.3 Å². The summed E-state index contributed by atoms with van der Waals surface area (Å²) in [4.78, 5) is 24.2. The predicted octanol–water partition coefficient (Wildman–Crippen LogP) is 4.24. The van der Waals surface area contributed by atoms with Crippen LogP contribution < -0.4 is 10.1 Å². The van der Waals surface area contributed by atoms with Crippen LogP contribution in [0.25, 0.3) is 0 Å². The first-order chi connectivity index (χ1) is 15.4. The number of rotatable bonds is 10. The van der Waals surface area contributed by atoms with Crippen LogP contribution in [0.2, 0.25) is 0 Å². The van der Waals surface area contributed by atoms with Crippen molar-refractivity contribution in [1.29, 1.82) is 0 Å². The first-order valence-corrected chi connectivity index (χ1v) is 11.6. The molecule has 0 atom stereocenters. The van der Waals surface area contributed by atoms with E-state index in [1.165, 1.54) is 35.8 Å². The Bertz CT molecular complexity index is 1120. The molecule has 1 amide bonds. The van der Waals surface area contributed by atoms with Crippen LogP contribution in [-0.4, -0.2) is 39.5 Å². The van der Waals surface area contributed by atoms with Crippen LogP contribution in [0.5, 0.6) is 5.75 Å². The monoisotopic (exact) mass is 472 g/mol. The van der Waals surface area contributed by atoms with Crippen molar-refractivity contribution in [3.8, 4) is 5.75 Å². The van der Waals surface area contributed by atoms with Crippen molar-refractivity contribution in [1.82, 2.24) is 14.8 Å². The van der Waals surface area contributed by atoms with Gasteiger partial charge in [0.05, 0.1) is 18.4 Å². The Balaban J connectivity index is 1.63. The van der Waals surface area contributed by atoms with E-state index in [2.05, 4.69) is 22.1 Å². The lowest BCUT2D eigenvalue weighted by molar-refractivity contribution is -0.113. The third-order valence-corrected chi connectivity index (χ3v) is 6.40.